The molecule has 0 spiro atoms. The highest BCUT2D eigenvalue weighted by Crippen LogP contribution is 2.32. The fourth-order valence-electron chi connectivity index (χ4n) is 2.41. The van der Waals surface area contributed by atoms with Gasteiger partial charge in [-0.05, 0) is 43.7 Å². The maximum absolute atomic E-state index is 12.1. The Morgan fingerprint density at radius 2 is 2.22 bits per heavy atom. The Morgan fingerprint density at radius 3 is 2.78 bits per heavy atom. The smallest absolute Gasteiger partial charge is 0.270 e. The lowest BCUT2D eigenvalue weighted by Gasteiger charge is -2.38. The Kier molecular flexibility index (Phi) is 4.23. The Morgan fingerprint density at radius 1 is 1.50 bits per heavy atom. The molecular weight excluding hydrogens is 248 g/mol. The summed E-state index contributed by atoms with van der Waals surface area (Å²) in [6.45, 7) is 2.25. The standard InChI is InChI=1S/C14H19ClN2O/c1-11-5-7-14(10-15,8-6-11)17-13(18)12-4-2-3-9-16-12/h2-4,9,11H,5-8,10H2,1H3,(H,17,18). The molecule has 1 saturated carbocycles. The van der Waals surface area contributed by atoms with E-state index in [1.807, 2.05) is 6.07 Å². The number of aromatic nitrogens is 1. The molecule has 98 valence electrons. The normalized spacial score (nSPS) is 27.8. The van der Waals surface area contributed by atoms with Crippen LogP contribution in [0.5, 0.6) is 0 Å². The van der Waals surface area contributed by atoms with E-state index in [0.29, 0.717) is 11.6 Å². The van der Waals surface area contributed by atoms with Gasteiger partial charge in [0.05, 0.1) is 5.54 Å². The van der Waals surface area contributed by atoms with Crippen LogP contribution in [0.25, 0.3) is 0 Å². The van der Waals surface area contributed by atoms with Gasteiger partial charge in [0.2, 0.25) is 0 Å². The maximum atomic E-state index is 12.1. The van der Waals surface area contributed by atoms with Gasteiger partial charge >= 0.3 is 0 Å². The van der Waals surface area contributed by atoms with Crippen LogP contribution in [0.4, 0.5) is 0 Å². The summed E-state index contributed by atoms with van der Waals surface area (Å²) >= 11 is 6.08. The molecular formula is C14H19ClN2O. The van der Waals surface area contributed by atoms with Gasteiger partial charge in [-0.2, -0.15) is 0 Å². The van der Waals surface area contributed by atoms with Crippen molar-refractivity contribution in [2.45, 2.75) is 38.1 Å². The molecule has 3 nitrogen and oxygen atoms in total. The van der Waals surface area contributed by atoms with E-state index in [4.69, 9.17) is 11.6 Å². The van der Waals surface area contributed by atoms with Crippen LogP contribution in [0.3, 0.4) is 0 Å². The monoisotopic (exact) mass is 266 g/mol. The van der Waals surface area contributed by atoms with Gasteiger partial charge in [-0.25, -0.2) is 0 Å². The Bertz CT molecular complexity index is 400. The van der Waals surface area contributed by atoms with Crippen LogP contribution >= 0.6 is 11.6 Å². The minimum Gasteiger partial charge on any atom is -0.344 e. The summed E-state index contributed by atoms with van der Waals surface area (Å²) in [5, 5.41) is 3.09. The lowest BCUT2D eigenvalue weighted by molar-refractivity contribution is 0.0867. The molecule has 1 aromatic heterocycles. The van der Waals surface area contributed by atoms with Crippen molar-refractivity contribution in [2.75, 3.05) is 5.88 Å². The highest BCUT2D eigenvalue weighted by atomic mass is 35.5. The van der Waals surface area contributed by atoms with Crippen molar-refractivity contribution in [1.29, 1.82) is 0 Å². The largest absolute Gasteiger partial charge is 0.344 e. The number of hydrogen-bond acceptors (Lipinski definition) is 2. The van der Waals surface area contributed by atoms with Crippen molar-refractivity contribution in [3.05, 3.63) is 30.1 Å². The van der Waals surface area contributed by atoms with Crippen LogP contribution in [0.15, 0.2) is 24.4 Å². The molecule has 0 aromatic carbocycles. The van der Waals surface area contributed by atoms with Gasteiger partial charge in [0.15, 0.2) is 0 Å². The summed E-state index contributed by atoms with van der Waals surface area (Å²) in [7, 11) is 0. The number of rotatable bonds is 3. The zero-order valence-electron chi connectivity index (χ0n) is 10.7. The summed E-state index contributed by atoms with van der Waals surface area (Å²) in [5.74, 6) is 1.08. The van der Waals surface area contributed by atoms with Gasteiger partial charge in [0, 0.05) is 12.1 Å². The van der Waals surface area contributed by atoms with Crippen LogP contribution in [0.2, 0.25) is 0 Å². The lowest BCUT2D eigenvalue weighted by atomic mass is 9.78. The number of carbonyl (C=O) groups excluding carboxylic acids is 1. The van der Waals surface area contributed by atoms with Gasteiger partial charge in [0.25, 0.3) is 5.91 Å². The average molecular weight is 267 g/mol. The maximum Gasteiger partial charge on any atom is 0.270 e. The molecule has 0 radical (unpaired) electrons. The first-order valence-corrected chi connectivity index (χ1v) is 6.98. The first-order valence-electron chi connectivity index (χ1n) is 6.45. The molecule has 1 aliphatic carbocycles. The van der Waals surface area contributed by atoms with E-state index in [-0.39, 0.29) is 11.4 Å². The summed E-state index contributed by atoms with van der Waals surface area (Å²) in [4.78, 5) is 16.2. The van der Waals surface area contributed by atoms with Crippen molar-refractivity contribution >= 4 is 17.5 Å². The first kappa shape index (κ1) is 13.3. The van der Waals surface area contributed by atoms with Gasteiger partial charge in [-0.1, -0.05) is 13.0 Å². The fraction of sp³-hybridized carbons (Fsp3) is 0.571. The minimum absolute atomic E-state index is 0.120. The molecule has 0 bridgehead atoms. The molecule has 18 heavy (non-hydrogen) atoms. The lowest BCUT2D eigenvalue weighted by Crippen LogP contribution is -2.52. The molecule has 0 atom stereocenters. The number of pyridine rings is 1. The van der Waals surface area contributed by atoms with Crippen LogP contribution in [0, 0.1) is 5.92 Å². The summed E-state index contributed by atoms with van der Waals surface area (Å²) in [6.07, 6.45) is 5.78. The molecule has 1 fully saturated rings. The second-order valence-electron chi connectivity index (χ2n) is 5.27. The molecule has 4 heteroatoms. The van der Waals surface area contributed by atoms with Crippen LogP contribution in [-0.4, -0.2) is 22.3 Å². The Hall–Kier alpha value is -1.09. The third kappa shape index (κ3) is 3.02. The number of halogens is 1. The molecule has 2 rings (SSSR count). The molecule has 0 saturated heterocycles. The summed E-state index contributed by atoms with van der Waals surface area (Å²) in [5.41, 5.74) is 0.212. The van der Waals surface area contributed by atoms with Crippen LogP contribution < -0.4 is 5.32 Å². The number of nitrogens with zero attached hydrogens (tertiary/aromatic N) is 1. The first-order chi connectivity index (χ1) is 8.65. The second-order valence-corrected chi connectivity index (χ2v) is 5.53. The second kappa shape index (κ2) is 5.70. The average Bonchev–Trinajstić information content (AvgIpc) is 2.43. The minimum atomic E-state index is -0.247. The van der Waals surface area contributed by atoms with Crippen molar-refractivity contribution in [3.8, 4) is 0 Å². The van der Waals surface area contributed by atoms with E-state index in [9.17, 15) is 4.79 Å². The molecule has 0 unspecified atom stereocenters. The van der Waals surface area contributed by atoms with Crippen LogP contribution in [-0.2, 0) is 0 Å². The van der Waals surface area contributed by atoms with Crippen molar-refractivity contribution in [1.82, 2.24) is 10.3 Å². The predicted octanol–water partition coefficient (Wildman–Crippen LogP) is 3.00. The van der Waals surface area contributed by atoms with Crippen molar-refractivity contribution in [3.63, 3.8) is 0 Å². The molecule has 1 N–H and O–H groups in total. The SMILES string of the molecule is CC1CCC(CCl)(NC(=O)c2ccccn2)CC1. The van der Waals surface area contributed by atoms with Gasteiger partial charge in [-0.15, -0.1) is 11.6 Å². The number of amides is 1. The molecule has 1 aromatic rings. The number of alkyl halides is 1. The molecule has 1 amide bonds. The third-order valence-electron chi connectivity index (χ3n) is 3.76. The zero-order valence-corrected chi connectivity index (χ0v) is 11.4. The van der Waals surface area contributed by atoms with E-state index in [2.05, 4.69) is 17.2 Å². The van der Waals surface area contributed by atoms with Gasteiger partial charge < -0.3 is 5.32 Å². The number of carbonyl (C=O) groups is 1. The molecule has 1 aliphatic rings. The van der Waals surface area contributed by atoms with E-state index < -0.39 is 0 Å². The summed E-state index contributed by atoms with van der Waals surface area (Å²) in [6, 6.07) is 5.34. The predicted molar refractivity (Wildman–Crippen MR) is 72.8 cm³/mol. The van der Waals surface area contributed by atoms with Gasteiger partial charge in [-0.3, -0.25) is 9.78 Å². The fourth-order valence-corrected chi connectivity index (χ4v) is 2.74. The van der Waals surface area contributed by atoms with E-state index >= 15 is 0 Å². The Labute approximate surface area is 113 Å². The third-order valence-corrected chi connectivity index (χ3v) is 4.28. The number of hydrogen-bond donors (Lipinski definition) is 1. The highest BCUT2D eigenvalue weighted by molar-refractivity contribution is 6.18. The van der Waals surface area contributed by atoms with Crippen molar-refractivity contribution in [2.24, 2.45) is 5.92 Å². The summed E-state index contributed by atoms with van der Waals surface area (Å²) < 4.78 is 0. The highest BCUT2D eigenvalue weighted by Gasteiger charge is 2.35. The van der Waals surface area contributed by atoms with Crippen molar-refractivity contribution < 1.29 is 4.79 Å². The topological polar surface area (TPSA) is 42.0 Å². The molecule has 0 aliphatic heterocycles. The Balaban J connectivity index is 2.05. The van der Waals surface area contributed by atoms with Crippen LogP contribution in [0.1, 0.15) is 43.1 Å². The zero-order chi connectivity index (χ0) is 13.0. The number of nitrogens with one attached hydrogen (secondary N) is 1. The van der Waals surface area contributed by atoms with E-state index in [1.165, 1.54) is 0 Å². The van der Waals surface area contributed by atoms with E-state index in [0.717, 1.165) is 31.6 Å². The van der Waals surface area contributed by atoms with Gasteiger partial charge in [0.1, 0.15) is 5.69 Å². The van der Waals surface area contributed by atoms with E-state index in [1.54, 1.807) is 18.3 Å². The quantitative estimate of drug-likeness (QED) is 0.855. The molecule has 1 heterocycles.